The summed E-state index contributed by atoms with van der Waals surface area (Å²) < 4.78 is 5.90. The predicted molar refractivity (Wildman–Crippen MR) is 75.4 cm³/mol. The Morgan fingerprint density at radius 3 is 2.89 bits per heavy atom. The average Bonchev–Trinajstić information content (AvgIpc) is 2.76. The van der Waals surface area contributed by atoms with Crippen LogP contribution < -0.4 is 4.74 Å². The zero-order chi connectivity index (χ0) is 13.2. The quantitative estimate of drug-likeness (QED) is 0.879. The van der Waals surface area contributed by atoms with Crippen molar-refractivity contribution >= 4 is 0 Å². The normalized spacial score (nSPS) is 29.9. The molecule has 1 heterocycles. The number of hydrogen-bond donors (Lipinski definition) is 1. The Balaban J connectivity index is 1.46. The van der Waals surface area contributed by atoms with Crippen molar-refractivity contribution in [2.45, 2.75) is 25.9 Å². The van der Waals surface area contributed by atoms with Gasteiger partial charge in [-0.15, -0.1) is 0 Å². The van der Waals surface area contributed by atoms with Crippen LogP contribution in [0.2, 0.25) is 0 Å². The van der Waals surface area contributed by atoms with Crippen LogP contribution in [-0.4, -0.2) is 42.4 Å². The van der Waals surface area contributed by atoms with Crippen molar-refractivity contribution in [1.82, 2.24) is 4.90 Å². The number of fused-ring (bicyclic) bond motifs is 1. The summed E-state index contributed by atoms with van der Waals surface area (Å²) in [5.41, 5.74) is 1.28. The lowest BCUT2D eigenvalue weighted by Gasteiger charge is -2.35. The molecular formula is C16H23NO2. The first-order chi connectivity index (χ1) is 9.28. The molecule has 19 heavy (non-hydrogen) atoms. The summed E-state index contributed by atoms with van der Waals surface area (Å²) >= 11 is 0. The molecule has 0 aromatic heterocycles. The van der Waals surface area contributed by atoms with Crippen LogP contribution in [0.5, 0.6) is 5.75 Å². The van der Waals surface area contributed by atoms with Crippen LogP contribution in [0.3, 0.4) is 0 Å². The summed E-state index contributed by atoms with van der Waals surface area (Å²) in [7, 11) is 0. The van der Waals surface area contributed by atoms with Crippen LogP contribution in [0.4, 0.5) is 0 Å². The Kier molecular flexibility index (Phi) is 3.76. The fourth-order valence-corrected chi connectivity index (χ4v) is 3.37. The van der Waals surface area contributed by atoms with Crippen LogP contribution in [0, 0.1) is 11.8 Å². The number of hydrogen-bond acceptors (Lipinski definition) is 3. The molecule has 0 spiro atoms. The molecular weight excluding hydrogens is 238 g/mol. The van der Waals surface area contributed by atoms with Gasteiger partial charge in [0.2, 0.25) is 0 Å². The molecule has 104 valence electrons. The van der Waals surface area contributed by atoms with Crippen LogP contribution in [0.15, 0.2) is 24.3 Å². The lowest BCUT2D eigenvalue weighted by Crippen LogP contribution is -2.39. The van der Waals surface area contributed by atoms with Crippen LogP contribution in [0.1, 0.15) is 18.9 Å². The zero-order valence-corrected chi connectivity index (χ0v) is 11.6. The van der Waals surface area contributed by atoms with Gasteiger partial charge in [-0.2, -0.15) is 0 Å². The molecule has 3 atom stereocenters. The minimum Gasteiger partial charge on any atom is -0.492 e. The van der Waals surface area contributed by atoms with Crippen molar-refractivity contribution in [2.75, 3.05) is 26.2 Å². The highest BCUT2D eigenvalue weighted by Crippen LogP contribution is 2.40. The number of aryl methyl sites for hydroxylation is 1. The monoisotopic (exact) mass is 261 g/mol. The number of para-hydroxylation sites is 1. The van der Waals surface area contributed by atoms with E-state index in [-0.39, 0.29) is 6.10 Å². The lowest BCUT2D eigenvalue weighted by atomic mass is 9.74. The number of likely N-dealkylation sites (tertiary alicyclic amines) is 1. The van der Waals surface area contributed by atoms with Crippen molar-refractivity contribution in [3.63, 3.8) is 0 Å². The number of aliphatic hydroxyl groups excluding tert-OH is 1. The molecule has 1 aromatic carbocycles. The molecule has 0 bridgehead atoms. The molecule has 3 nitrogen and oxygen atoms in total. The zero-order valence-electron chi connectivity index (χ0n) is 11.6. The van der Waals surface area contributed by atoms with Crippen LogP contribution in [-0.2, 0) is 6.42 Å². The maximum Gasteiger partial charge on any atom is 0.122 e. The maximum atomic E-state index is 9.65. The van der Waals surface area contributed by atoms with Crippen molar-refractivity contribution in [1.29, 1.82) is 0 Å². The first-order valence-electron chi connectivity index (χ1n) is 7.39. The van der Waals surface area contributed by atoms with E-state index in [1.54, 1.807) is 0 Å². The van der Waals surface area contributed by atoms with E-state index in [2.05, 4.69) is 30.0 Å². The number of nitrogens with zero attached hydrogens (tertiary/aromatic N) is 1. The van der Waals surface area contributed by atoms with Gasteiger partial charge in [0.15, 0.2) is 0 Å². The molecule has 1 aromatic rings. The van der Waals surface area contributed by atoms with Gasteiger partial charge in [0.25, 0.3) is 0 Å². The van der Waals surface area contributed by atoms with E-state index in [1.807, 2.05) is 6.07 Å². The first kappa shape index (κ1) is 12.9. The minimum absolute atomic E-state index is 0.0447. The molecule has 1 aliphatic heterocycles. The molecule has 1 aliphatic carbocycles. The number of rotatable bonds is 5. The second-order valence-corrected chi connectivity index (χ2v) is 5.80. The molecule has 1 saturated heterocycles. The molecule has 2 fully saturated rings. The third kappa shape index (κ3) is 2.63. The molecule has 1 saturated carbocycles. The van der Waals surface area contributed by atoms with E-state index >= 15 is 0 Å². The molecule has 0 amide bonds. The highest BCUT2D eigenvalue weighted by Gasteiger charge is 2.45. The fourth-order valence-electron chi connectivity index (χ4n) is 3.37. The summed E-state index contributed by atoms with van der Waals surface area (Å²) in [6, 6.07) is 8.27. The van der Waals surface area contributed by atoms with Gasteiger partial charge in [-0.25, -0.2) is 0 Å². The third-order valence-electron chi connectivity index (χ3n) is 4.62. The maximum absolute atomic E-state index is 9.65. The standard InChI is InChI=1S/C16H23NO2/c1-2-12-5-3-4-6-16(12)19-8-7-17-10-13-9-15(18)14(13)11-17/h3-6,13-15,18H,2,7-11H2,1H3/t13-,14+,15-/m1/s1. The van der Waals surface area contributed by atoms with Gasteiger partial charge in [-0.1, -0.05) is 25.1 Å². The highest BCUT2D eigenvalue weighted by molar-refractivity contribution is 5.33. The van der Waals surface area contributed by atoms with E-state index in [4.69, 9.17) is 4.74 Å². The van der Waals surface area contributed by atoms with Gasteiger partial charge < -0.3 is 9.84 Å². The van der Waals surface area contributed by atoms with Gasteiger partial charge >= 0.3 is 0 Å². The van der Waals surface area contributed by atoms with Crippen molar-refractivity contribution in [2.24, 2.45) is 11.8 Å². The molecule has 0 radical (unpaired) electrons. The minimum atomic E-state index is -0.0447. The predicted octanol–water partition coefficient (Wildman–Crippen LogP) is 1.94. The Morgan fingerprint density at radius 2 is 2.16 bits per heavy atom. The summed E-state index contributed by atoms with van der Waals surface area (Å²) in [4.78, 5) is 2.43. The smallest absolute Gasteiger partial charge is 0.122 e. The van der Waals surface area contributed by atoms with E-state index in [0.717, 1.165) is 50.8 Å². The topological polar surface area (TPSA) is 32.7 Å². The lowest BCUT2D eigenvalue weighted by molar-refractivity contribution is -0.00435. The summed E-state index contributed by atoms with van der Waals surface area (Å²) in [5, 5.41) is 9.65. The molecule has 2 aliphatic rings. The van der Waals surface area contributed by atoms with E-state index < -0.39 is 0 Å². The van der Waals surface area contributed by atoms with Crippen molar-refractivity contribution < 1.29 is 9.84 Å². The van der Waals surface area contributed by atoms with Crippen molar-refractivity contribution in [3.05, 3.63) is 29.8 Å². The van der Waals surface area contributed by atoms with Crippen molar-refractivity contribution in [3.8, 4) is 5.75 Å². The average molecular weight is 261 g/mol. The van der Waals surface area contributed by atoms with Crippen LogP contribution >= 0.6 is 0 Å². The first-order valence-corrected chi connectivity index (χ1v) is 7.39. The molecule has 3 rings (SSSR count). The second kappa shape index (κ2) is 5.51. The van der Waals surface area contributed by atoms with Gasteiger partial charge in [0, 0.05) is 25.6 Å². The van der Waals surface area contributed by atoms with E-state index in [0.29, 0.717) is 5.92 Å². The highest BCUT2D eigenvalue weighted by atomic mass is 16.5. The Morgan fingerprint density at radius 1 is 1.32 bits per heavy atom. The van der Waals surface area contributed by atoms with Crippen LogP contribution in [0.25, 0.3) is 0 Å². The molecule has 1 N–H and O–H groups in total. The third-order valence-corrected chi connectivity index (χ3v) is 4.62. The Bertz CT molecular complexity index is 435. The van der Waals surface area contributed by atoms with Gasteiger partial charge in [-0.05, 0) is 30.4 Å². The Labute approximate surface area is 115 Å². The second-order valence-electron chi connectivity index (χ2n) is 5.80. The summed E-state index contributed by atoms with van der Waals surface area (Å²) in [6.45, 7) is 6.05. The van der Waals surface area contributed by atoms with E-state index in [9.17, 15) is 5.11 Å². The molecule has 3 heteroatoms. The molecule has 0 unspecified atom stereocenters. The number of benzene rings is 1. The SMILES string of the molecule is CCc1ccccc1OCCN1C[C@H]2C[C@@H](O)[C@H]2C1. The number of ether oxygens (including phenoxy) is 1. The largest absolute Gasteiger partial charge is 0.492 e. The van der Waals surface area contributed by atoms with Gasteiger partial charge in [0.1, 0.15) is 12.4 Å². The van der Waals surface area contributed by atoms with Gasteiger partial charge in [-0.3, -0.25) is 4.90 Å². The van der Waals surface area contributed by atoms with E-state index in [1.165, 1.54) is 5.56 Å². The number of aliphatic hydroxyl groups is 1. The summed E-state index contributed by atoms with van der Waals surface area (Å²) in [5.74, 6) is 2.29. The fraction of sp³-hybridized carbons (Fsp3) is 0.625. The summed E-state index contributed by atoms with van der Waals surface area (Å²) in [6.07, 6.45) is 1.97. The van der Waals surface area contributed by atoms with Gasteiger partial charge in [0.05, 0.1) is 6.10 Å². The Hall–Kier alpha value is -1.06.